The van der Waals surface area contributed by atoms with Crippen molar-refractivity contribution in [2.75, 3.05) is 52.6 Å². The van der Waals surface area contributed by atoms with Gasteiger partial charge in [-0.2, -0.15) is 0 Å². The summed E-state index contributed by atoms with van der Waals surface area (Å²) in [4.78, 5) is 26.2. The molecule has 0 heterocycles. The molecule has 0 unspecified atom stereocenters. The molecule has 2 saturated carbocycles. The second-order valence-electron chi connectivity index (χ2n) is 10.4. The van der Waals surface area contributed by atoms with Gasteiger partial charge in [0.15, 0.2) is 0 Å². The Labute approximate surface area is 195 Å². The van der Waals surface area contributed by atoms with Gasteiger partial charge in [0.2, 0.25) is 11.8 Å². The molecule has 0 atom stereocenters. The minimum absolute atomic E-state index is 0.0853. The van der Waals surface area contributed by atoms with Gasteiger partial charge in [0.1, 0.15) is 0 Å². The Morgan fingerprint density at radius 3 is 1.47 bits per heavy atom. The average Bonchev–Trinajstić information content (AvgIpc) is 3.68. The highest BCUT2D eigenvalue weighted by atomic mass is 16.5. The summed E-state index contributed by atoms with van der Waals surface area (Å²) in [5.41, 5.74) is -0.171. The maximum Gasteiger partial charge on any atom is 0.225 e. The van der Waals surface area contributed by atoms with E-state index in [1.54, 1.807) is 0 Å². The van der Waals surface area contributed by atoms with Gasteiger partial charge in [0.05, 0.1) is 0 Å². The number of rotatable bonds is 19. The SMILES string of the molecule is CC(C)N(CCCOCCCNC(=O)C1(C)CC1)CCCOCCCNC(=O)C1(C)CC1. The zero-order valence-electron chi connectivity index (χ0n) is 21.0. The number of carbonyl (C=O) groups excluding carboxylic acids is 2. The summed E-state index contributed by atoms with van der Waals surface area (Å²) in [6.07, 6.45) is 7.86. The van der Waals surface area contributed by atoms with Crippen LogP contribution in [-0.2, 0) is 19.1 Å². The quantitative estimate of drug-likeness (QED) is 0.294. The van der Waals surface area contributed by atoms with Crippen molar-refractivity contribution >= 4 is 11.8 Å². The van der Waals surface area contributed by atoms with Crippen LogP contribution >= 0.6 is 0 Å². The topological polar surface area (TPSA) is 79.9 Å². The maximum atomic E-state index is 11.9. The molecule has 0 radical (unpaired) electrons. The molecule has 32 heavy (non-hydrogen) atoms. The Hall–Kier alpha value is -1.18. The first kappa shape index (κ1) is 27.1. The highest BCUT2D eigenvalue weighted by molar-refractivity contribution is 5.85. The first-order chi connectivity index (χ1) is 15.3. The van der Waals surface area contributed by atoms with Crippen LogP contribution in [0.5, 0.6) is 0 Å². The molecule has 2 N–H and O–H groups in total. The molecule has 0 aromatic heterocycles. The molecular weight excluding hydrogens is 406 g/mol. The third-order valence-corrected chi connectivity index (χ3v) is 6.80. The summed E-state index contributed by atoms with van der Waals surface area (Å²) in [7, 11) is 0. The monoisotopic (exact) mass is 453 g/mol. The number of nitrogens with one attached hydrogen (secondary N) is 2. The molecule has 186 valence electrons. The van der Waals surface area contributed by atoms with E-state index in [0.717, 1.165) is 77.7 Å². The molecule has 2 fully saturated rings. The standard InChI is InChI=1S/C25H47N3O4/c1-21(2)28(15-7-19-31-17-5-13-26-22(29)24(3)9-10-24)16-8-20-32-18-6-14-27-23(30)25(4)11-12-25/h21H,5-20H2,1-4H3,(H,26,29)(H,27,30). The molecule has 2 aliphatic carbocycles. The molecule has 0 aromatic rings. The fourth-order valence-corrected chi connectivity index (χ4v) is 3.58. The van der Waals surface area contributed by atoms with E-state index < -0.39 is 0 Å². The van der Waals surface area contributed by atoms with Crippen LogP contribution < -0.4 is 10.6 Å². The Kier molecular flexibility index (Phi) is 11.4. The normalized spacial score (nSPS) is 18.1. The molecule has 0 bridgehead atoms. The predicted molar refractivity (Wildman–Crippen MR) is 128 cm³/mol. The van der Waals surface area contributed by atoms with Gasteiger partial charge in [-0.3, -0.25) is 9.59 Å². The van der Waals surface area contributed by atoms with Crippen LogP contribution in [0.3, 0.4) is 0 Å². The largest absolute Gasteiger partial charge is 0.381 e. The van der Waals surface area contributed by atoms with Gasteiger partial charge < -0.3 is 25.0 Å². The zero-order chi connectivity index (χ0) is 23.5. The lowest BCUT2D eigenvalue weighted by molar-refractivity contribution is -0.126. The second-order valence-corrected chi connectivity index (χ2v) is 10.4. The first-order valence-corrected chi connectivity index (χ1v) is 12.7. The number of amides is 2. The van der Waals surface area contributed by atoms with E-state index in [-0.39, 0.29) is 22.6 Å². The van der Waals surface area contributed by atoms with E-state index in [1.165, 1.54) is 0 Å². The molecule has 0 spiro atoms. The van der Waals surface area contributed by atoms with E-state index in [1.807, 2.05) is 13.8 Å². The van der Waals surface area contributed by atoms with Crippen LogP contribution in [0.4, 0.5) is 0 Å². The van der Waals surface area contributed by atoms with Crippen LogP contribution in [-0.4, -0.2) is 75.4 Å². The summed E-state index contributed by atoms with van der Waals surface area (Å²) in [5, 5.41) is 6.02. The van der Waals surface area contributed by atoms with Crippen molar-refractivity contribution in [1.82, 2.24) is 15.5 Å². The highest BCUT2D eigenvalue weighted by Gasteiger charge is 2.45. The van der Waals surface area contributed by atoms with E-state index in [4.69, 9.17) is 9.47 Å². The molecule has 0 aromatic carbocycles. The van der Waals surface area contributed by atoms with E-state index in [0.29, 0.717) is 32.3 Å². The number of hydrogen-bond acceptors (Lipinski definition) is 5. The van der Waals surface area contributed by atoms with Crippen molar-refractivity contribution in [3.8, 4) is 0 Å². The summed E-state index contributed by atoms with van der Waals surface area (Å²) in [6.45, 7) is 14.9. The number of hydrogen-bond donors (Lipinski definition) is 2. The molecular formula is C25H47N3O4. The lowest BCUT2D eigenvalue weighted by atomic mass is 10.1. The van der Waals surface area contributed by atoms with Gasteiger partial charge in [-0.05, 0) is 65.2 Å². The molecule has 7 nitrogen and oxygen atoms in total. The minimum atomic E-state index is -0.0853. The van der Waals surface area contributed by atoms with Crippen LogP contribution in [0.1, 0.15) is 79.1 Å². The molecule has 2 aliphatic rings. The van der Waals surface area contributed by atoms with Gasteiger partial charge in [-0.1, -0.05) is 13.8 Å². The van der Waals surface area contributed by atoms with Crippen molar-refractivity contribution in [1.29, 1.82) is 0 Å². The Bertz CT molecular complexity index is 528. The molecule has 2 amide bonds. The Balaban J connectivity index is 1.37. The van der Waals surface area contributed by atoms with Crippen molar-refractivity contribution in [2.45, 2.75) is 85.1 Å². The van der Waals surface area contributed by atoms with Crippen LogP contribution in [0, 0.1) is 10.8 Å². The Morgan fingerprint density at radius 1 is 0.750 bits per heavy atom. The molecule has 0 aliphatic heterocycles. The number of nitrogens with zero attached hydrogens (tertiary/aromatic N) is 1. The molecule has 7 heteroatoms. The third kappa shape index (κ3) is 10.2. The number of carbonyl (C=O) groups is 2. The summed E-state index contributed by atoms with van der Waals surface area (Å²) in [6, 6.07) is 0.507. The molecule has 2 rings (SSSR count). The fraction of sp³-hybridized carbons (Fsp3) is 0.920. The first-order valence-electron chi connectivity index (χ1n) is 12.7. The summed E-state index contributed by atoms with van der Waals surface area (Å²) in [5.74, 6) is 0.396. The van der Waals surface area contributed by atoms with Gasteiger partial charge in [-0.25, -0.2) is 0 Å². The minimum Gasteiger partial charge on any atom is -0.381 e. The van der Waals surface area contributed by atoms with Gasteiger partial charge in [0, 0.05) is 69.5 Å². The van der Waals surface area contributed by atoms with Crippen molar-refractivity contribution in [3.05, 3.63) is 0 Å². The fourth-order valence-electron chi connectivity index (χ4n) is 3.58. The van der Waals surface area contributed by atoms with Crippen molar-refractivity contribution < 1.29 is 19.1 Å². The zero-order valence-corrected chi connectivity index (χ0v) is 21.0. The van der Waals surface area contributed by atoms with Gasteiger partial charge in [0.25, 0.3) is 0 Å². The van der Waals surface area contributed by atoms with Crippen LogP contribution in [0.15, 0.2) is 0 Å². The lowest BCUT2D eigenvalue weighted by Crippen LogP contribution is -2.34. The van der Waals surface area contributed by atoms with Gasteiger partial charge in [-0.15, -0.1) is 0 Å². The summed E-state index contributed by atoms with van der Waals surface area (Å²) < 4.78 is 11.5. The van der Waals surface area contributed by atoms with E-state index in [9.17, 15) is 9.59 Å². The molecule has 0 saturated heterocycles. The second kappa shape index (κ2) is 13.5. The van der Waals surface area contributed by atoms with Crippen LogP contribution in [0.25, 0.3) is 0 Å². The predicted octanol–water partition coefficient (Wildman–Crippen LogP) is 3.12. The number of ether oxygens (including phenoxy) is 2. The highest BCUT2D eigenvalue weighted by Crippen LogP contribution is 2.45. The van der Waals surface area contributed by atoms with Crippen molar-refractivity contribution in [2.24, 2.45) is 10.8 Å². The average molecular weight is 454 g/mol. The van der Waals surface area contributed by atoms with E-state index in [2.05, 4.69) is 29.4 Å². The summed E-state index contributed by atoms with van der Waals surface area (Å²) >= 11 is 0. The lowest BCUT2D eigenvalue weighted by Gasteiger charge is -2.26. The van der Waals surface area contributed by atoms with E-state index >= 15 is 0 Å². The third-order valence-electron chi connectivity index (χ3n) is 6.80. The van der Waals surface area contributed by atoms with Gasteiger partial charge >= 0.3 is 0 Å². The Morgan fingerprint density at radius 2 is 1.12 bits per heavy atom. The van der Waals surface area contributed by atoms with Crippen molar-refractivity contribution in [3.63, 3.8) is 0 Å². The smallest absolute Gasteiger partial charge is 0.225 e. The maximum absolute atomic E-state index is 11.9. The van der Waals surface area contributed by atoms with Crippen LogP contribution in [0.2, 0.25) is 0 Å².